The first-order valence-electron chi connectivity index (χ1n) is 6.97. The van der Waals surface area contributed by atoms with Crippen molar-refractivity contribution in [1.29, 1.82) is 0 Å². The van der Waals surface area contributed by atoms with E-state index in [4.69, 9.17) is 0 Å². The third-order valence-corrected chi connectivity index (χ3v) is 3.39. The lowest BCUT2D eigenvalue weighted by atomic mass is 10.1. The SMILES string of the molecule is CCCNC(Cc1nccn1CC)c1ccnn1C. The molecule has 0 aliphatic rings. The van der Waals surface area contributed by atoms with Crippen LogP contribution in [0.25, 0.3) is 0 Å². The fourth-order valence-electron chi connectivity index (χ4n) is 2.33. The predicted octanol–water partition coefficient (Wildman–Crippen LogP) is 1.92. The van der Waals surface area contributed by atoms with Crippen molar-refractivity contribution in [1.82, 2.24) is 24.6 Å². The second kappa shape index (κ2) is 6.52. The van der Waals surface area contributed by atoms with Crippen LogP contribution in [0.2, 0.25) is 0 Å². The average molecular weight is 261 g/mol. The Bertz CT molecular complexity index is 499. The first kappa shape index (κ1) is 13.8. The van der Waals surface area contributed by atoms with Crippen LogP contribution in [0.1, 0.15) is 37.8 Å². The lowest BCUT2D eigenvalue weighted by Crippen LogP contribution is -2.27. The van der Waals surface area contributed by atoms with Crippen molar-refractivity contribution in [3.05, 3.63) is 36.2 Å². The maximum atomic E-state index is 4.47. The highest BCUT2D eigenvalue weighted by atomic mass is 15.3. The molecule has 0 fully saturated rings. The third kappa shape index (κ3) is 3.23. The average Bonchev–Trinajstić information content (AvgIpc) is 3.03. The van der Waals surface area contributed by atoms with Gasteiger partial charge in [-0.05, 0) is 26.0 Å². The zero-order valence-electron chi connectivity index (χ0n) is 12.0. The van der Waals surface area contributed by atoms with Crippen LogP contribution >= 0.6 is 0 Å². The monoisotopic (exact) mass is 261 g/mol. The van der Waals surface area contributed by atoms with Crippen LogP contribution in [-0.2, 0) is 20.0 Å². The van der Waals surface area contributed by atoms with Gasteiger partial charge in [-0.25, -0.2) is 4.98 Å². The van der Waals surface area contributed by atoms with Gasteiger partial charge in [-0.2, -0.15) is 5.10 Å². The fraction of sp³-hybridized carbons (Fsp3) is 0.571. The molecule has 2 rings (SSSR count). The minimum atomic E-state index is 0.264. The number of aryl methyl sites for hydroxylation is 2. The van der Waals surface area contributed by atoms with Gasteiger partial charge in [0.05, 0.1) is 11.7 Å². The molecule has 104 valence electrons. The van der Waals surface area contributed by atoms with E-state index in [1.165, 1.54) is 5.69 Å². The van der Waals surface area contributed by atoms with Gasteiger partial charge in [0.15, 0.2) is 0 Å². The maximum Gasteiger partial charge on any atom is 0.110 e. The molecule has 19 heavy (non-hydrogen) atoms. The van der Waals surface area contributed by atoms with Crippen molar-refractivity contribution in [2.75, 3.05) is 6.54 Å². The van der Waals surface area contributed by atoms with Crippen LogP contribution in [0.3, 0.4) is 0 Å². The molecule has 0 amide bonds. The van der Waals surface area contributed by atoms with E-state index >= 15 is 0 Å². The summed E-state index contributed by atoms with van der Waals surface area (Å²) >= 11 is 0. The van der Waals surface area contributed by atoms with Crippen LogP contribution in [0, 0.1) is 0 Å². The Morgan fingerprint density at radius 2 is 2.16 bits per heavy atom. The van der Waals surface area contributed by atoms with Crippen molar-refractivity contribution in [3.8, 4) is 0 Å². The molecule has 1 unspecified atom stereocenters. The predicted molar refractivity (Wildman–Crippen MR) is 75.8 cm³/mol. The topological polar surface area (TPSA) is 47.7 Å². The molecule has 0 radical (unpaired) electrons. The van der Waals surface area contributed by atoms with Gasteiger partial charge in [-0.3, -0.25) is 4.68 Å². The molecule has 0 aliphatic heterocycles. The van der Waals surface area contributed by atoms with Crippen LogP contribution in [-0.4, -0.2) is 25.9 Å². The molecule has 0 bridgehead atoms. The quantitative estimate of drug-likeness (QED) is 0.828. The van der Waals surface area contributed by atoms with Crippen molar-refractivity contribution in [2.24, 2.45) is 7.05 Å². The summed E-state index contributed by atoms with van der Waals surface area (Å²) in [5.74, 6) is 1.12. The second-order valence-corrected chi connectivity index (χ2v) is 4.72. The van der Waals surface area contributed by atoms with Gasteiger partial charge < -0.3 is 9.88 Å². The summed E-state index contributed by atoms with van der Waals surface area (Å²) in [7, 11) is 1.99. The number of imidazole rings is 1. The summed E-state index contributed by atoms with van der Waals surface area (Å²) in [5, 5.41) is 7.85. The number of aromatic nitrogens is 4. The summed E-state index contributed by atoms with van der Waals surface area (Å²) in [6.07, 6.45) is 7.77. The van der Waals surface area contributed by atoms with Gasteiger partial charge in [-0.1, -0.05) is 6.92 Å². The van der Waals surface area contributed by atoms with Crippen molar-refractivity contribution >= 4 is 0 Å². The normalized spacial score (nSPS) is 12.8. The number of hydrogen-bond acceptors (Lipinski definition) is 3. The molecule has 2 heterocycles. The lowest BCUT2D eigenvalue weighted by molar-refractivity contribution is 0.476. The van der Waals surface area contributed by atoms with Gasteiger partial charge in [-0.15, -0.1) is 0 Å². The first-order valence-corrected chi connectivity index (χ1v) is 6.97. The Morgan fingerprint density at radius 1 is 1.32 bits per heavy atom. The summed E-state index contributed by atoms with van der Waals surface area (Å²) in [4.78, 5) is 4.47. The Kier molecular flexibility index (Phi) is 4.74. The molecule has 5 nitrogen and oxygen atoms in total. The van der Waals surface area contributed by atoms with E-state index in [0.717, 1.165) is 31.8 Å². The molecular weight excluding hydrogens is 238 g/mol. The van der Waals surface area contributed by atoms with Crippen LogP contribution in [0.15, 0.2) is 24.7 Å². The van der Waals surface area contributed by atoms with Gasteiger partial charge in [0.2, 0.25) is 0 Å². The molecule has 0 aromatic carbocycles. The lowest BCUT2D eigenvalue weighted by Gasteiger charge is -2.19. The zero-order valence-corrected chi connectivity index (χ0v) is 12.0. The van der Waals surface area contributed by atoms with E-state index in [2.05, 4.69) is 39.9 Å². The maximum absolute atomic E-state index is 4.47. The Labute approximate surface area is 114 Å². The molecule has 1 atom stereocenters. The fourth-order valence-corrected chi connectivity index (χ4v) is 2.33. The smallest absolute Gasteiger partial charge is 0.110 e. The number of nitrogens with zero attached hydrogens (tertiary/aromatic N) is 4. The molecule has 5 heteroatoms. The largest absolute Gasteiger partial charge is 0.335 e. The number of hydrogen-bond donors (Lipinski definition) is 1. The highest BCUT2D eigenvalue weighted by Crippen LogP contribution is 2.17. The molecule has 2 aromatic rings. The van der Waals surface area contributed by atoms with Crippen LogP contribution in [0.4, 0.5) is 0 Å². The molecule has 1 N–H and O–H groups in total. The molecule has 2 aromatic heterocycles. The summed E-state index contributed by atoms with van der Waals surface area (Å²) in [5.41, 5.74) is 1.21. The van der Waals surface area contributed by atoms with Crippen molar-refractivity contribution in [2.45, 2.75) is 39.3 Å². The summed E-state index contributed by atoms with van der Waals surface area (Å²) in [6.45, 7) is 6.29. The first-order chi connectivity index (χ1) is 9.26. The summed E-state index contributed by atoms with van der Waals surface area (Å²) in [6, 6.07) is 2.34. The third-order valence-electron chi connectivity index (χ3n) is 3.39. The Balaban J connectivity index is 2.17. The molecule has 0 saturated carbocycles. The highest BCUT2D eigenvalue weighted by molar-refractivity contribution is 5.10. The van der Waals surface area contributed by atoms with Gasteiger partial charge in [0.1, 0.15) is 5.82 Å². The van der Waals surface area contributed by atoms with E-state index in [1.54, 1.807) is 0 Å². The van der Waals surface area contributed by atoms with E-state index in [-0.39, 0.29) is 6.04 Å². The summed E-state index contributed by atoms with van der Waals surface area (Å²) < 4.78 is 4.13. The second-order valence-electron chi connectivity index (χ2n) is 4.72. The highest BCUT2D eigenvalue weighted by Gasteiger charge is 2.17. The van der Waals surface area contributed by atoms with E-state index < -0.39 is 0 Å². The number of nitrogens with one attached hydrogen (secondary N) is 1. The van der Waals surface area contributed by atoms with Gasteiger partial charge in [0, 0.05) is 38.6 Å². The molecule has 0 spiro atoms. The number of rotatable bonds is 7. The minimum Gasteiger partial charge on any atom is -0.335 e. The van der Waals surface area contributed by atoms with Gasteiger partial charge >= 0.3 is 0 Å². The molecule has 0 saturated heterocycles. The van der Waals surface area contributed by atoms with Gasteiger partial charge in [0.25, 0.3) is 0 Å². The van der Waals surface area contributed by atoms with E-state index in [1.807, 2.05) is 30.3 Å². The zero-order chi connectivity index (χ0) is 13.7. The standard InChI is InChI=1S/C14H23N5/c1-4-7-15-12(13-6-8-17-18(13)3)11-14-16-9-10-19(14)5-2/h6,8-10,12,15H,4-5,7,11H2,1-3H3. The van der Waals surface area contributed by atoms with Crippen molar-refractivity contribution in [3.63, 3.8) is 0 Å². The Hall–Kier alpha value is -1.62. The molecular formula is C14H23N5. The van der Waals surface area contributed by atoms with Crippen LogP contribution < -0.4 is 5.32 Å². The Morgan fingerprint density at radius 3 is 2.79 bits per heavy atom. The van der Waals surface area contributed by atoms with E-state index in [9.17, 15) is 0 Å². The van der Waals surface area contributed by atoms with Crippen LogP contribution in [0.5, 0.6) is 0 Å². The van der Waals surface area contributed by atoms with Crippen molar-refractivity contribution < 1.29 is 0 Å². The minimum absolute atomic E-state index is 0.264. The van der Waals surface area contributed by atoms with E-state index in [0.29, 0.717) is 0 Å². The molecule has 0 aliphatic carbocycles.